The van der Waals surface area contributed by atoms with Crippen molar-refractivity contribution < 1.29 is 0 Å². The number of nitrogens with zero attached hydrogens (tertiary/aromatic N) is 3. The average molecular weight is 256 g/mol. The van der Waals surface area contributed by atoms with Crippen LogP contribution in [0.2, 0.25) is 0 Å². The maximum absolute atomic E-state index is 6.11. The Morgan fingerprint density at radius 2 is 2.17 bits per heavy atom. The second-order valence-electron chi connectivity index (χ2n) is 3.96. The van der Waals surface area contributed by atoms with Crippen LogP contribution in [0.1, 0.15) is 0 Å². The lowest BCUT2D eigenvalue weighted by molar-refractivity contribution is 0.782. The summed E-state index contributed by atoms with van der Waals surface area (Å²) in [5.41, 5.74) is 9.82. The van der Waals surface area contributed by atoms with Gasteiger partial charge in [0.05, 0.1) is 11.3 Å². The number of hydrogen-bond donors (Lipinski definition) is 1. The minimum Gasteiger partial charge on any atom is -0.383 e. The van der Waals surface area contributed by atoms with Crippen LogP contribution >= 0.6 is 11.3 Å². The van der Waals surface area contributed by atoms with E-state index in [4.69, 9.17) is 5.73 Å². The first-order valence-electron chi connectivity index (χ1n) is 5.54. The molecule has 0 aliphatic heterocycles. The molecule has 0 saturated heterocycles. The largest absolute Gasteiger partial charge is 0.383 e. The number of hydrogen-bond acceptors (Lipinski definition) is 4. The molecule has 5 heteroatoms. The van der Waals surface area contributed by atoms with Crippen LogP contribution in [0.3, 0.4) is 0 Å². The van der Waals surface area contributed by atoms with Crippen LogP contribution in [0.5, 0.6) is 0 Å². The highest BCUT2D eigenvalue weighted by Gasteiger charge is 2.18. The molecule has 18 heavy (non-hydrogen) atoms. The lowest BCUT2D eigenvalue weighted by Gasteiger charge is -2.01. The summed E-state index contributed by atoms with van der Waals surface area (Å²) in [6.07, 6.45) is 1.76. The number of anilines is 1. The maximum Gasteiger partial charge on any atom is 0.131 e. The highest BCUT2D eigenvalue weighted by atomic mass is 32.1. The van der Waals surface area contributed by atoms with Crippen LogP contribution in [0, 0.1) is 0 Å². The van der Waals surface area contributed by atoms with Gasteiger partial charge in [0, 0.05) is 24.2 Å². The molecular formula is C13H12N4S. The number of aryl methyl sites for hydroxylation is 1. The van der Waals surface area contributed by atoms with Gasteiger partial charge >= 0.3 is 0 Å². The third-order valence-corrected chi connectivity index (χ3v) is 3.49. The van der Waals surface area contributed by atoms with E-state index in [1.165, 1.54) is 0 Å². The van der Waals surface area contributed by atoms with Crippen LogP contribution < -0.4 is 5.73 Å². The van der Waals surface area contributed by atoms with E-state index in [0.717, 1.165) is 22.5 Å². The Morgan fingerprint density at radius 3 is 2.83 bits per heavy atom. The van der Waals surface area contributed by atoms with Crippen molar-refractivity contribution in [2.45, 2.75) is 0 Å². The zero-order chi connectivity index (χ0) is 12.5. The summed E-state index contributed by atoms with van der Waals surface area (Å²) in [6, 6.07) is 7.83. The highest BCUT2D eigenvalue weighted by Crippen LogP contribution is 2.35. The topological polar surface area (TPSA) is 56.7 Å². The number of nitrogen functional groups attached to an aromatic ring is 1. The summed E-state index contributed by atoms with van der Waals surface area (Å²) >= 11 is 1.64. The van der Waals surface area contributed by atoms with Crippen LogP contribution in [0.4, 0.5) is 5.82 Å². The van der Waals surface area contributed by atoms with Gasteiger partial charge in [-0.1, -0.05) is 6.07 Å². The Labute approximate surface area is 109 Å². The number of thiophene rings is 1. The molecule has 0 radical (unpaired) electrons. The predicted molar refractivity (Wildman–Crippen MR) is 74.2 cm³/mol. The molecule has 0 aliphatic rings. The number of rotatable bonds is 2. The molecule has 0 unspecified atom stereocenters. The third kappa shape index (κ3) is 1.69. The SMILES string of the molecule is Cn1nc(-c2ccsc2)c(-c2ccccn2)c1N. The molecule has 0 saturated carbocycles. The lowest BCUT2D eigenvalue weighted by Crippen LogP contribution is -1.98. The van der Waals surface area contributed by atoms with E-state index < -0.39 is 0 Å². The first-order valence-corrected chi connectivity index (χ1v) is 6.48. The minimum atomic E-state index is 0.634. The summed E-state index contributed by atoms with van der Waals surface area (Å²) in [5, 5.41) is 8.58. The normalized spacial score (nSPS) is 10.7. The first-order chi connectivity index (χ1) is 8.77. The van der Waals surface area contributed by atoms with E-state index in [1.807, 2.05) is 36.7 Å². The highest BCUT2D eigenvalue weighted by molar-refractivity contribution is 7.08. The van der Waals surface area contributed by atoms with Gasteiger partial charge in [-0.25, -0.2) is 0 Å². The molecule has 0 aromatic carbocycles. The molecule has 4 nitrogen and oxygen atoms in total. The van der Waals surface area contributed by atoms with Gasteiger partial charge in [-0.15, -0.1) is 0 Å². The Kier molecular flexibility index (Phi) is 2.60. The standard InChI is InChI=1S/C13H12N4S/c1-17-13(14)11(10-4-2-3-6-15-10)12(16-17)9-5-7-18-8-9/h2-8H,14H2,1H3. The van der Waals surface area contributed by atoms with Crippen molar-refractivity contribution >= 4 is 17.2 Å². The summed E-state index contributed by atoms with van der Waals surface area (Å²) in [6.45, 7) is 0. The molecule has 2 N–H and O–H groups in total. The van der Waals surface area contributed by atoms with Gasteiger partial charge < -0.3 is 5.73 Å². The van der Waals surface area contributed by atoms with E-state index in [-0.39, 0.29) is 0 Å². The second kappa shape index (κ2) is 4.27. The first kappa shape index (κ1) is 11.0. The van der Waals surface area contributed by atoms with Crippen molar-refractivity contribution in [2.75, 3.05) is 5.73 Å². The van der Waals surface area contributed by atoms with Crippen LogP contribution in [-0.4, -0.2) is 14.8 Å². The second-order valence-corrected chi connectivity index (χ2v) is 4.74. The molecule has 3 aromatic rings. The smallest absolute Gasteiger partial charge is 0.131 e. The summed E-state index contributed by atoms with van der Waals surface area (Å²) in [5.74, 6) is 0.634. The van der Waals surface area contributed by atoms with E-state index in [2.05, 4.69) is 15.5 Å². The van der Waals surface area contributed by atoms with Gasteiger partial charge in [0.2, 0.25) is 0 Å². The molecule has 3 rings (SSSR count). The molecular weight excluding hydrogens is 244 g/mol. The van der Waals surface area contributed by atoms with Crippen LogP contribution in [0.25, 0.3) is 22.5 Å². The van der Waals surface area contributed by atoms with Gasteiger partial charge in [0.1, 0.15) is 11.5 Å². The Balaban J connectivity index is 2.26. The molecule has 0 spiro atoms. The lowest BCUT2D eigenvalue weighted by atomic mass is 10.1. The Hall–Kier alpha value is -2.14. The van der Waals surface area contributed by atoms with E-state index in [1.54, 1.807) is 22.2 Å². The zero-order valence-electron chi connectivity index (χ0n) is 9.87. The molecule has 90 valence electrons. The van der Waals surface area contributed by atoms with Gasteiger partial charge in [0.15, 0.2) is 0 Å². The fraction of sp³-hybridized carbons (Fsp3) is 0.0769. The molecule has 0 fully saturated rings. The molecule has 0 aliphatic carbocycles. The van der Waals surface area contributed by atoms with Crippen molar-refractivity contribution in [3.05, 3.63) is 41.2 Å². The van der Waals surface area contributed by atoms with Crippen molar-refractivity contribution in [2.24, 2.45) is 7.05 Å². The summed E-state index contributed by atoms with van der Waals surface area (Å²) < 4.78 is 1.69. The Bertz CT molecular complexity index is 656. The van der Waals surface area contributed by atoms with E-state index >= 15 is 0 Å². The maximum atomic E-state index is 6.11. The molecule has 0 bridgehead atoms. The fourth-order valence-electron chi connectivity index (χ4n) is 1.90. The molecule has 0 amide bonds. The molecule has 0 atom stereocenters. The van der Waals surface area contributed by atoms with Gasteiger partial charge in [0.25, 0.3) is 0 Å². The predicted octanol–water partition coefficient (Wildman–Crippen LogP) is 2.79. The summed E-state index contributed by atoms with van der Waals surface area (Å²) in [4.78, 5) is 4.36. The van der Waals surface area contributed by atoms with Crippen LogP contribution in [-0.2, 0) is 7.05 Å². The number of pyridine rings is 1. The van der Waals surface area contributed by atoms with Crippen molar-refractivity contribution in [3.8, 4) is 22.5 Å². The number of nitrogens with two attached hydrogens (primary N) is 1. The summed E-state index contributed by atoms with van der Waals surface area (Å²) in [7, 11) is 1.84. The Morgan fingerprint density at radius 1 is 1.28 bits per heavy atom. The quantitative estimate of drug-likeness (QED) is 0.767. The fourth-order valence-corrected chi connectivity index (χ4v) is 2.54. The van der Waals surface area contributed by atoms with Crippen LogP contribution in [0.15, 0.2) is 41.2 Å². The van der Waals surface area contributed by atoms with E-state index in [9.17, 15) is 0 Å². The average Bonchev–Trinajstić information content (AvgIpc) is 3.00. The van der Waals surface area contributed by atoms with Gasteiger partial charge in [-0.2, -0.15) is 16.4 Å². The number of aromatic nitrogens is 3. The van der Waals surface area contributed by atoms with Gasteiger partial charge in [-0.05, 0) is 23.6 Å². The molecule has 3 aromatic heterocycles. The van der Waals surface area contributed by atoms with Gasteiger partial charge in [-0.3, -0.25) is 9.67 Å². The van der Waals surface area contributed by atoms with Crippen molar-refractivity contribution in [1.82, 2.24) is 14.8 Å². The zero-order valence-corrected chi connectivity index (χ0v) is 10.7. The minimum absolute atomic E-state index is 0.634. The van der Waals surface area contributed by atoms with Crippen molar-refractivity contribution in [1.29, 1.82) is 0 Å². The third-order valence-electron chi connectivity index (χ3n) is 2.81. The monoisotopic (exact) mass is 256 g/mol. The van der Waals surface area contributed by atoms with Crippen molar-refractivity contribution in [3.63, 3.8) is 0 Å². The van der Waals surface area contributed by atoms with E-state index in [0.29, 0.717) is 5.82 Å². The molecule has 3 heterocycles.